The number of aromatic nitrogens is 4. The number of nitrogens with zero attached hydrogens (tertiary/aromatic N) is 3. The highest BCUT2D eigenvalue weighted by Crippen LogP contribution is 2.32. The van der Waals surface area contributed by atoms with Crippen LogP contribution in [0.2, 0.25) is 5.02 Å². The van der Waals surface area contributed by atoms with Gasteiger partial charge in [0.15, 0.2) is 0 Å². The summed E-state index contributed by atoms with van der Waals surface area (Å²) in [5.41, 5.74) is 9.66. The Labute approximate surface area is 178 Å². The van der Waals surface area contributed by atoms with Crippen molar-refractivity contribution in [2.45, 2.75) is 6.42 Å². The van der Waals surface area contributed by atoms with E-state index in [-0.39, 0.29) is 0 Å². The van der Waals surface area contributed by atoms with Crippen molar-refractivity contribution in [3.05, 3.63) is 83.5 Å². The van der Waals surface area contributed by atoms with Crippen LogP contribution in [-0.4, -0.2) is 32.4 Å². The van der Waals surface area contributed by atoms with Crippen molar-refractivity contribution in [1.82, 2.24) is 19.9 Å². The van der Waals surface area contributed by atoms with E-state index >= 15 is 0 Å². The Hall–Kier alpha value is -3.71. The number of aromatic amines is 1. The second kappa shape index (κ2) is 8.75. The molecule has 30 heavy (non-hydrogen) atoms. The van der Waals surface area contributed by atoms with Crippen LogP contribution in [0.3, 0.4) is 0 Å². The zero-order chi connectivity index (χ0) is 20.9. The Morgan fingerprint density at radius 1 is 1.17 bits per heavy atom. The average molecular weight is 419 g/mol. The number of amides is 1. The molecule has 0 aliphatic rings. The van der Waals surface area contributed by atoms with Gasteiger partial charge in [0, 0.05) is 42.2 Å². The number of nitrogens with two attached hydrogens (primary N) is 1. The van der Waals surface area contributed by atoms with E-state index in [0.29, 0.717) is 28.6 Å². The zero-order valence-electron chi connectivity index (χ0n) is 16.0. The molecule has 0 fully saturated rings. The number of hydrogen-bond acceptors (Lipinski definition) is 5. The van der Waals surface area contributed by atoms with E-state index in [4.69, 9.17) is 17.3 Å². The maximum Gasteiger partial charge on any atom is 0.250 e. The molecule has 0 unspecified atom stereocenters. The van der Waals surface area contributed by atoms with E-state index < -0.39 is 5.91 Å². The zero-order valence-corrected chi connectivity index (χ0v) is 16.7. The van der Waals surface area contributed by atoms with Gasteiger partial charge >= 0.3 is 0 Å². The van der Waals surface area contributed by atoms with E-state index in [2.05, 4.69) is 25.3 Å². The maximum absolute atomic E-state index is 12.0. The summed E-state index contributed by atoms with van der Waals surface area (Å²) in [7, 11) is 0. The number of benzene rings is 1. The normalized spacial score (nSPS) is 10.7. The van der Waals surface area contributed by atoms with E-state index in [1.54, 1.807) is 36.9 Å². The summed E-state index contributed by atoms with van der Waals surface area (Å²) in [6.45, 7) is 0.657. The van der Waals surface area contributed by atoms with Crippen molar-refractivity contribution in [1.29, 1.82) is 0 Å². The van der Waals surface area contributed by atoms with Crippen LogP contribution in [0.25, 0.3) is 22.5 Å². The van der Waals surface area contributed by atoms with E-state index in [0.717, 1.165) is 28.9 Å². The summed E-state index contributed by atoms with van der Waals surface area (Å²) in [6, 6.07) is 14.5. The molecule has 3 heterocycles. The quantitative estimate of drug-likeness (QED) is 0.421. The molecular weight excluding hydrogens is 400 g/mol. The molecule has 150 valence electrons. The molecule has 7 nitrogen and oxygen atoms in total. The van der Waals surface area contributed by atoms with Crippen molar-refractivity contribution in [2.75, 3.05) is 11.9 Å². The number of imidazole rings is 1. The topological polar surface area (TPSA) is 110 Å². The van der Waals surface area contributed by atoms with Crippen LogP contribution in [0.4, 0.5) is 5.82 Å². The molecule has 8 heteroatoms. The SMILES string of the molecule is NC(=O)c1ccc(NCCc2cnc[nH]2)nc1-c1ccc(Cl)c(-c2ccccn2)c1. The second-order valence-electron chi connectivity index (χ2n) is 6.62. The molecule has 4 rings (SSSR count). The molecule has 0 radical (unpaired) electrons. The summed E-state index contributed by atoms with van der Waals surface area (Å²) in [5.74, 6) is 0.0969. The number of halogens is 1. The number of carbonyl (C=O) groups is 1. The highest BCUT2D eigenvalue weighted by Gasteiger charge is 2.15. The lowest BCUT2D eigenvalue weighted by molar-refractivity contribution is 0.100. The Morgan fingerprint density at radius 3 is 2.80 bits per heavy atom. The molecule has 0 spiro atoms. The Balaban J connectivity index is 1.67. The van der Waals surface area contributed by atoms with E-state index in [1.165, 1.54) is 0 Å². The molecule has 4 N–H and O–H groups in total. The lowest BCUT2D eigenvalue weighted by atomic mass is 10.0. The number of H-pyrrole nitrogens is 1. The number of rotatable bonds is 7. The first-order valence-electron chi connectivity index (χ1n) is 9.35. The summed E-state index contributed by atoms with van der Waals surface area (Å²) in [6.07, 6.45) is 5.89. The average Bonchev–Trinajstić information content (AvgIpc) is 3.28. The van der Waals surface area contributed by atoms with Crippen molar-refractivity contribution in [3.8, 4) is 22.5 Å². The van der Waals surface area contributed by atoms with Crippen LogP contribution in [-0.2, 0) is 6.42 Å². The fraction of sp³-hybridized carbons (Fsp3) is 0.0909. The summed E-state index contributed by atoms with van der Waals surface area (Å²) in [4.78, 5) is 28.1. The third kappa shape index (κ3) is 4.31. The lowest BCUT2D eigenvalue weighted by Gasteiger charge is -2.12. The van der Waals surface area contributed by atoms with Crippen LogP contribution in [0.5, 0.6) is 0 Å². The van der Waals surface area contributed by atoms with Gasteiger partial charge in [0.25, 0.3) is 5.91 Å². The minimum Gasteiger partial charge on any atom is -0.370 e. The Bertz CT molecular complexity index is 1160. The molecule has 1 amide bonds. The highest BCUT2D eigenvalue weighted by molar-refractivity contribution is 6.33. The Morgan fingerprint density at radius 2 is 2.07 bits per heavy atom. The Kier molecular flexibility index (Phi) is 5.72. The van der Waals surface area contributed by atoms with E-state index in [9.17, 15) is 4.79 Å². The summed E-state index contributed by atoms with van der Waals surface area (Å²) < 4.78 is 0. The van der Waals surface area contributed by atoms with Crippen molar-refractivity contribution >= 4 is 23.3 Å². The second-order valence-corrected chi connectivity index (χ2v) is 7.03. The molecule has 0 aliphatic carbocycles. The standard InChI is InChI=1S/C22H19ClN6O/c23-18-6-4-14(11-17(18)19-3-1-2-9-26-19)21-16(22(24)30)5-7-20(29-21)27-10-8-15-12-25-13-28-15/h1-7,9,11-13H,8,10H2,(H2,24,30)(H,25,28)(H,27,29). The van der Waals surface area contributed by atoms with Gasteiger partial charge in [-0.25, -0.2) is 9.97 Å². The largest absolute Gasteiger partial charge is 0.370 e. The third-order valence-corrected chi connectivity index (χ3v) is 4.93. The molecular formula is C22H19ClN6O. The van der Waals surface area contributed by atoms with Gasteiger partial charge in [-0.1, -0.05) is 23.7 Å². The van der Waals surface area contributed by atoms with Gasteiger partial charge in [0.2, 0.25) is 0 Å². The molecule has 0 aliphatic heterocycles. The van der Waals surface area contributed by atoms with Crippen LogP contribution in [0, 0.1) is 0 Å². The molecule has 0 saturated carbocycles. The lowest BCUT2D eigenvalue weighted by Crippen LogP contribution is -2.14. The van der Waals surface area contributed by atoms with Crippen LogP contribution in [0.15, 0.2) is 67.3 Å². The van der Waals surface area contributed by atoms with Gasteiger partial charge in [0.05, 0.1) is 28.3 Å². The summed E-state index contributed by atoms with van der Waals surface area (Å²) >= 11 is 6.40. The number of primary amides is 1. The van der Waals surface area contributed by atoms with Gasteiger partial charge < -0.3 is 16.0 Å². The minimum absolute atomic E-state index is 0.336. The van der Waals surface area contributed by atoms with Crippen molar-refractivity contribution < 1.29 is 4.79 Å². The smallest absolute Gasteiger partial charge is 0.250 e. The van der Waals surface area contributed by atoms with Gasteiger partial charge in [-0.05, 0) is 36.4 Å². The third-order valence-electron chi connectivity index (χ3n) is 4.60. The molecule has 4 aromatic rings. The number of pyridine rings is 2. The fourth-order valence-corrected chi connectivity index (χ4v) is 3.33. The molecule has 0 bridgehead atoms. The first-order valence-corrected chi connectivity index (χ1v) is 9.73. The fourth-order valence-electron chi connectivity index (χ4n) is 3.11. The first kappa shape index (κ1) is 19.6. The maximum atomic E-state index is 12.0. The van der Waals surface area contributed by atoms with Crippen LogP contribution >= 0.6 is 11.6 Å². The van der Waals surface area contributed by atoms with Gasteiger partial charge in [0.1, 0.15) is 5.82 Å². The first-order chi connectivity index (χ1) is 14.6. The molecule has 3 aromatic heterocycles. The summed E-state index contributed by atoms with van der Waals surface area (Å²) in [5, 5.41) is 3.83. The van der Waals surface area contributed by atoms with Crippen LogP contribution < -0.4 is 11.1 Å². The van der Waals surface area contributed by atoms with E-state index in [1.807, 2.05) is 30.3 Å². The van der Waals surface area contributed by atoms with Gasteiger partial charge in [-0.15, -0.1) is 0 Å². The number of anilines is 1. The number of carbonyl (C=O) groups excluding carboxylic acids is 1. The van der Waals surface area contributed by atoms with Crippen molar-refractivity contribution in [2.24, 2.45) is 5.73 Å². The number of hydrogen-bond donors (Lipinski definition) is 3. The predicted molar refractivity (Wildman–Crippen MR) is 117 cm³/mol. The minimum atomic E-state index is -0.546. The molecule has 0 atom stereocenters. The highest BCUT2D eigenvalue weighted by atomic mass is 35.5. The number of nitrogens with one attached hydrogen (secondary N) is 2. The van der Waals surface area contributed by atoms with Gasteiger partial charge in [-0.2, -0.15) is 0 Å². The molecule has 0 saturated heterocycles. The van der Waals surface area contributed by atoms with Crippen LogP contribution in [0.1, 0.15) is 16.1 Å². The monoisotopic (exact) mass is 418 g/mol. The predicted octanol–water partition coefficient (Wildman–Crippen LogP) is 3.94. The van der Waals surface area contributed by atoms with Gasteiger partial charge in [-0.3, -0.25) is 9.78 Å². The van der Waals surface area contributed by atoms with Crippen molar-refractivity contribution in [3.63, 3.8) is 0 Å². The molecule has 1 aromatic carbocycles.